The van der Waals surface area contributed by atoms with E-state index < -0.39 is 6.17 Å². The molecule has 12 heteroatoms. The third kappa shape index (κ3) is 9.53. The van der Waals surface area contributed by atoms with Crippen molar-refractivity contribution in [2.45, 2.75) is 141 Å². The number of benzene rings is 4. The Kier molecular flexibility index (Phi) is 14.2. The number of ether oxygens (including phenoxy) is 4. The zero-order chi connectivity index (χ0) is 51.4. The molecule has 8 bridgehead atoms. The molecule has 9 rings (SSSR count). The van der Waals surface area contributed by atoms with Gasteiger partial charge in [0, 0.05) is 21.9 Å². The number of hydrogen-bond acceptors (Lipinski definition) is 10. The van der Waals surface area contributed by atoms with E-state index in [0.717, 1.165) is 55.3 Å². The zero-order valence-electron chi connectivity index (χ0n) is 45.3. The van der Waals surface area contributed by atoms with Crippen LogP contribution >= 0.6 is 0 Å². The van der Waals surface area contributed by atoms with Crippen LogP contribution in [0.25, 0.3) is 21.5 Å². The van der Waals surface area contributed by atoms with E-state index in [1.807, 2.05) is 36.4 Å². The van der Waals surface area contributed by atoms with E-state index in [1.165, 1.54) is 0 Å². The zero-order valence-corrected chi connectivity index (χ0v) is 45.3. The molecule has 12 nitrogen and oxygen atoms in total. The molecule has 3 aliphatic heterocycles. The van der Waals surface area contributed by atoms with Gasteiger partial charge in [-0.2, -0.15) is 0 Å². The van der Waals surface area contributed by atoms with E-state index in [9.17, 15) is 0 Å². The minimum atomic E-state index is -0.573. The third-order valence-electron chi connectivity index (χ3n) is 14.3. The van der Waals surface area contributed by atoms with Crippen LogP contribution in [-0.4, -0.2) is 51.9 Å². The van der Waals surface area contributed by atoms with Crippen LogP contribution in [0.5, 0.6) is 23.0 Å². The van der Waals surface area contributed by atoms with Crippen molar-refractivity contribution >= 4 is 50.7 Å². The number of aliphatic imine (C=N–C) groups is 3. The number of aromatic amines is 2. The predicted octanol–water partition coefficient (Wildman–Crippen LogP) is 13.5. The topological polar surface area (TPSA) is 142 Å². The second-order valence-corrected chi connectivity index (χ2v) is 22.8. The van der Waals surface area contributed by atoms with E-state index in [2.05, 4.69) is 162 Å². The number of aromatic nitrogens is 2. The van der Waals surface area contributed by atoms with Crippen molar-refractivity contribution in [1.29, 1.82) is 0 Å². The summed E-state index contributed by atoms with van der Waals surface area (Å²) in [6, 6.07) is 24.6. The van der Waals surface area contributed by atoms with Crippen LogP contribution in [0, 0.1) is 47.3 Å². The molecule has 0 saturated heterocycles. The minimum absolute atomic E-state index is 0.0437. The molecule has 72 heavy (non-hydrogen) atoms. The number of hydrogen-bond donors (Lipinski definition) is 3. The fourth-order valence-corrected chi connectivity index (χ4v) is 11.2. The normalized spacial score (nSPS) is 15.5. The molecule has 0 radical (unpaired) electrons. The van der Waals surface area contributed by atoms with Gasteiger partial charge in [0.25, 0.3) is 0 Å². The Morgan fingerprint density at radius 3 is 1.42 bits per heavy atom. The van der Waals surface area contributed by atoms with Crippen LogP contribution in [-0.2, 0) is 0 Å². The lowest BCUT2D eigenvalue weighted by atomic mass is 9.96. The summed E-state index contributed by atoms with van der Waals surface area (Å²) in [5.74, 6) is 7.81. The summed E-state index contributed by atoms with van der Waals surface area (Å²) >= 11 is 0. The monoisotopic (exact) mass is 973 g/mol. The largest absolute Gasteiger partial charge is 0.489 e. The number of nitrogens with zero attached hydrogens (tertiary/aromatic N) is 5. The summed E-state index contributed by atoms with van der Waals surface area (Å²) in [6.45, 7) is 35.3. The molecule has 3 N–H and O–H groups in total. The van der Waals surface area contributed by atoms with E-state index >= 15 is 0 Å². The fourth-order valence-electron chi connectivity index (χ4n) is 11.2. The van der Waals surface area contributed by atoms with Crippen molar-refractivity contribution in [3.05, 3.63) is 106 Å². The molecule has 6 aromatic rings. The SMILES string of the molecule is CC(C)C(Oc1cccc2c1C1=Nc3[nH]c(c4c(OC(C(C)C)C(C)C)cccc34)N[C@@H]3N=C(N=c4[nH]c(c5c(OC(C(C)C)C(C)C)cccc45)=NC2=N1)c1c(OC(C(C)C)C(C)C)cccc13)C(C)C. The van der Waals surface area contributed by atoms with Crippen molar-refractivity contribution in [2.75, 3.05) is 5.32 Å². The summed E-state index contributed by atoms with van der Waals surface area (Å²) in [5, 5.41) is 7.25. The summed E-state index contributed by atoms with van der Waals surface area (Å²) < 4.78 is 28.1. The van der Waals surface area contributed by atoms with Crippen LogP contribution in [0.4, 0.5) is 11.6 Å². The first-order valence-electron chi connectivity index (χ1n) is 26.5. The first-order chi connectivity index (χ1) is 34.3. The quantitative estimate of drug-likeness (QED) is 0.0885. The van der Waals surface area contributed by atoms with Gasteiger partial charge in [-0.1, -0.05) is 159 Å². The number of nitrogens with one attached hydrogen (secondary N) is 3. The molecular formula is C60H76N8O4. The summed E-state index contributed by atoms with van der Waals surface area (Å²) in [5.41, 5.74) is 4.51. The van der Waals surface area contributed by atoms with Gasteiger partial charge in [0.15, 0.2) is 17.5 Å². The highest BCUT2D eigenvalue weighted by Gasteiger charge is 2.35. The van der Waals surface area contributed by atoms with E-state index in [0.29, 0.717) is 51.6 Å². The highest BCUT2D eigenvalue weighted by molar-refractivity contribution is 6.25. The fraction of sp³-hybridized carbons (Fsp3) is 0.483. The Morgan fingerprint density at radius 1 is 0.403 bits per heavy atom. The van der Waals surface area contributed by atoms with Crippen LogP contribution in [0.2, 0.25) is 0 Å². The number of rotatable bonds is 16. The lowest BCUT2D eigenvalue weighted by molar-refractivity contribution is 0.105. The molecule has 1 atom stereocenters. The molecule has 380 valence electrons. The molecule has 0 unspecified atom stereocenters. The number of H-pyrrole nitrogens is 2. The van der Waals surface area contributed by atoms with Gasteiger partial charge in [0.05, 0.1) is 21.9 Å². The van der Waals surface area contributed by atoms with Gasteiger partial charge >= 0.3 is 0 Å². The van der Waals surface area contributed by atoms with Crippen molar-refractivity contribution < 1.29 is 18.9 Å². The lowest BCUT2D eigenvalue weighted by Crippen LogP contribution is -2.29. The molecule has 0 spiro atoms. The number of amidine groups is 3. The first kappa shape index (κ1) is 50.5. The molecule has 2 aromatic heterocycles. The average Bonchev–Trinajstić information content (AvgIpc) is 4.06. The first-order valence-corrected chi connectivity index (χ1v) is 26.5. The smallest absolute Gasteiger partial charge is 0.168 e. The summed E-state index contributed by atoms with van der Waals surface area (Å²) in [6.07, 6.45) is -0.782. The number of anilines is 1. The van der Waals surface area contributed by atoms with Crippen LogP contribution in [0.1, 0.15) is 139 Å². The minimum Gasteiger partial charge on any atom is -0.489 e. The van der Waals surface area contributed by atoms with Gasteiger partial charge in [-0.25, -0.2) is 25.0 Å². The van der Waals surface area contributed by atoms with Gasteiger partial charge in [-0.05, 0) is 71.6 Å². The standard InChI is InChI=1S/C60H76N8O4/c1-29(2)49(30(3)4)69-41-25-17-21-37-45(41)57-61-53(37)66-58-47-39(23-19-27-43(47)71-51(33(9)10)34(11)12)55(63-58)68-60-48-40(24-20-28-44(48)72-52(35(13)14)36(15)16)56(64-60)67-59-46-38(54(62-59)65-57)22-18-26-42(46)70-50(31(5)6)32(7)8/h17-36,49-53,63,66H,1-16H3,(H,61,62,64,65,67,68)/t53-/m0/s1. The van der Waals surface area contributed by atoms with E-state index in [4.69, 9.17) is 43.9 Å². The van der Waals surface area contributed by atoms with E-state index in [-0.39, 0.29) is 71.8 Å². The molecular weight excluding hydrogens is 897 g/mol. The number of fused-ring (bicyclic) bond motifs is 18. The predicted molar refractivity (Wildman–Crippen MR) is 294 cm³/mol. The molecule has 5 heterocycles. The van der Waals surface area contributed by atoms with Crippen LogP contribution in [0.15, 0.2) is 97.8 Å². The van der Waals surface area contributed by atoms with Crippen molar-refractivity contribution in [3.8, 4) is 23.0 Å². The molecule has 0 saturated carbocycles. The third-order valence-corrected chi connectivity index (χ3v) is 14.3. The van der Waals surface area contributed by atoms with Gasteiger partial charge in [0.1, 0.15) is 76.2 Å². The maximum Gasteiger partial charge on any atom is 0.168 e. The van der Waals surface area contributed by atoms with Gasteiger partial charge < -0.3 is 34.2 Å². The van der Waals surface area contributed by atoms with Crippen LogP contribution in [0.3, 0.4) is 0 Å². The maximum absolute atomic E-state index is 7.04. The van der Waals surface area contributed by atoms with Gasteiger partial charge in [-0.3, -0.25) is 0 Å². The highest BCUT2D eigenvalue weighted by Crippen LogP contribution is 2.45. The second-order valence-electron chi connectivity index (χ2n) is 22.8. The Morgan fingerprint density at radius 2 is 0.861 bits per heavy atom. The molecule has 4 aromatic carbocycles. The van der Waals surface area contributed by atoms with Crippen molar-refractivity contribution in [3.63, 3.8) is 0 Å². The maximum atomic E-state index is 7.04. The molecule has 0 fully saturated rings. The Labute approximate surface area is 426 Å². The van der Waals surface area contributed by atoms with Gasteiger partial charge in [0.2, 0.25) is 0 Å². The second kappa shape index (κ2) is 20.2. The van der Waals surface area contributed by atoms with E-state index in [1.54, 1.807) is 0 Å². The Bertz CT molecular complexity index is 3170. The lowest BCUT2D eigenvalue weighted by Gasteiger charge is -2.27. The molecule has 3 aliphatic rings. The molecule has 0 amide bonds. The van der Waals surface area contributed by atoms with Crippen molar-refractivity contribution in [1.82, 2.24) is 9.97 Å². The highest BCUT2D eigenvalue weighted by atomic mass is 16.5. The summed E-state index contributed by atoms with van der Waals surface area (Å²) in [7, 11) is 0. The molecule has 0 aliphatic carbocycles. The Hall–Kier alpha value is -6.43. The average molecular weight is 973 g/mol. The van der Waals surface area contributed by atoms with Crippen LogP contribution < -0.4 is 35.2 Å². The Balaban J connectivity index is 1.38. The van der Waals surface area contributed by atoms with Crippen molar-refractivity contribution in [2.24, 2.45) is 72.3 Å². The summed E-state index contributed by atoms with van der Waals surface area (Å²) in [4.78, 5) is 34.7. The van der Waals surface area contributed by atoms with Gasteiger partial charge in [-0.15, -0.1) is 0 Å².